The smallest absolute Gasteiger partial charge is 0.143 e. The number of hydrogen-bond acceptors (Lipinski definition) is 2. The monoisotopic (exact) mass is 818 g/mol. The maximum Gasteiger partial charge on any atom is 0.143 e. The number of para-hydroxylation sites is 4. The summed E-state index contributed by atoms with van der Waals surface area (Å²) < 4.78 is 9.18. The Morgan fingerprint density at radius 1 is 0.375 bits per heavy atom. The third-order valence-electron chi connectivity index (χ3n) is 13.8. The average Bonchev–Trinajstić information content (AvgIpc) is 3.98. The molecule has 1 aliphatic carbocycles. The molecule has 1 aliphatic rings. The number of nitrogens with zero attached hydrogens (tertiary/aromatic N) is 2. The van der Waals surface area contributed by atoms with Crippen molar-refractivity contribution in [1.82, 2.24) is 4.57 Å². The summed E-state index contributed by atoms with van der Waals surface area (Å²) in [5, 5.41) is 7.10. The first-order chi connectivity index (χ1) is 31.5. The number of anilines is 3. The van der Waals surface area contributed by atoms with Crippen molar-refractivity contribution in [3.05, 3.63) is 230 Å². The van der Waals surface area contributed by atoms with Crippen molar-refractivity contribution in [3.63, 3.8) is 0 Å². The predicted octanol–water partition coefficient (Wildman–Crippen LogP) is 16.9. The van der Waals surface area contributed by atoms with E-state index in [0.717, 1.165) is 66.8 Å². The summed E-state index contributed by atoms with van der Waals surface area (Å²) in [5.74, 6) is 0. The van der Waals surface area contributed by atoms with E-state index in [-0.39, 0.29) is 5.41 Å². The van der Waals surface area contributed by atoms with E-state index in [4.69, 9.17) is 4.42 Å². The second kappa shape index (κ2) is 13.9. The van der Waals surface area contributed by atoms with Gasteiger partial charge in [-0.2, -0.15) is 0 Å². The molecule has 3 nitrogen and oxygen atoms in total. The van der Waals surface area contributed by atoms with Crippen molar-refractivity contribution >= 4 is 71.6 Å². The molecule has 3 heteroatoms. The number of fused-ring (bicyclic) bond motifs is 11. The lowest BCUT2D eigenvalue weighted by atomic mass is 9.82. The van der Waals surface area contributed by atoms with Gasteiger partial charge < -0.3 is 13.9 Å². The molecule has 0 saturated heterocycles. The Bertz CT molecular complexity index is 3760. The van der Waals surface area contributed by atoms with E-state index in [9.17, 15) is 0 Å². The predicted molar refractivity (Wildman–Crippen MR) is 269 cm³/mol. The molecule has 2 aromatic heterocycles. The van der Waals surface area contributed by atoms with Crippen LogP contribution in [-0.2, 0) is 5.41 Å². The highest BCUT2D eigenvalue weighted by Gasteiger charge is 2.35. The van der Waals surface area contributed by atoms with E-state index in [2.05, 4.69) is 242 Å². The van der Waals surface area contributed by atoms with Crippen LogP contribution in [0.5, 0.6) is 0 Å². The fourth-order valence-electron chi connectivity index (χ4n) is 10.7. The highest BCUT2D eigenvalue weighted by atomic mass is 16.3. The van der Waals surface area contributed by atoms with Crippen molar-refractivity contribution in [2.24, 2.45) is 0 Å². The molecule has 10 aromatic carbocycles. The van der Waals surface area contributed by atoms with Crippen LogP contribution in [0.4, 0.5) is 17.1 Å². The van der Waals surface area contributed by atoms with Gasteiger partial charge in [0.05, 0.1) is 16.7 Å². The SMILES string of the molecule is CC1(C)c2ccccc2-c2ccc(N(c3ccc(-c4ccccc4-n4c5ccccc5c5ccccc54)cc3)c3ccc(-c4cccc5c4oc4c6ccccc6ccc54)cc3)cc21. The Balaban J connectivity index is 0.936. The molecule has 64 heavy (non-hydrogen) atoms. The summed E-state index contributed by atoms with van der Waals surface area (Å²) >= 11 is 0. The third kappa shape index (κ3) is 5.41. The summed E-state index contributed by atoms with van der Waals surface area (Å²) in [6, 6.07) is 79.6. The number of aromatic nitrogens is 1. The minimum atomic E-state index is -0.131. The Morgan fingerprint density at radius 2 is 0.906 bits per heavy atom. The molecule has 302 valence electrons. The second-order valence-corrected chi connectivity index (χ2v) is 17.7. The van der Waals surface area contributed by atoms with Gasteiger partial charge in [-0.25, -0.2) is 0 Å². The lowest BCUT2D eigenvalue weighted by Crippen LogP contribution is -2.16. The first-order valence-corrected chi connectivity index (χ1v) is 22.2. The highest BCUT2D eigenvalue weighted by Crippen LogP contribution is 2.51. The first kappa shape index (κ1) is 36.5. The van der Waals surface area contributed by atoms with Crippen molar-refractivity contribution in [2.45, 2.75) is 19.3 Å². The van der Waals surface area contributed by atoms with E-state index in [1.165, 1.54) is 55.0 Å². The molecule has 13 rings (SSSR count). The third-order valence-corrected chi connectivity index (χ3v) is 13.8. The van der Waals surface area contributed by atoms with Gasteiger partial charge in [-0.15, -0.1) is 0 Å². The summed E-state index contributed by atoms with van der Waals surface area (Å²) in [6.07, 6.45) is 0. The van der Waals surface area contributed by atoms with Crippen LogP contribution in [0.2, 0.25) is 0 Å². The summed E-state index contributed by atoms with van der Waals surface area (Å²) in [4.78, 5) is 2.40. The number of furan rings is 1. The fourth-order valence-corrected chi connectivity index (χ4v) is 10.7. The fraction of sp³-hybridized carbons (Fsp3) is 0.0492. The van der Waals surface area contributed by atoms with Crippen molar-refractivity contribution in [2.75, 3.05) is 4.90 Å². The maximum absolute atomic E-state index is 6.77. The Labute approximate surface area is 371 Å². The molecular formula is C61H42N2O. The van der Waals surface area contributed by atoms with Gasteiger partial charge in [-0.05, 0) is 99.4 Å². The Hall–Kier alpha value is -8.14. The van der Waals surface area contributed by atoms with Gasteiger partial charge in [0.2, 0.25) is 0 Å². The van der Waals surface area contributed by atoms with Crippen LogP contribution < -0.4 is 4.90 Å². The molecule has 0 bridgehead atoms. The van der Waals surface area contributed by atoms with Crippen LogP contribution in [0.15, 0.2) is 223 Å². The molecule has 0 N–H and O–H groups in total. The van der Waals surface area contributed by atoms with Crippen LogP contribution >= 0.6 is 0 Å². The quantitative estimate of drug-likeness (QED) is 0.167. The van der Waals surface area contributed by atoms with E-state index in [1.807, 2.05) is 0 Å². The van der Waals surface area contributed by atoms with Crippen LogP contribution in [-0.4, -0.2) is 4.57 Å². The van der Waals surface area contributed by atoms with Crippen molar-refractivity contribution in [1.29, 1.82) is 0 Å². The number of rotatable bonds is 6. The lowest BCUT2D eigenvalue weighted by molar-refractivity contribution is 0.660. The van der Waals surface area contributed by atoms with Gasteiger partial charge in [0.15, 0.2) is 0 Å². The Morgan fingerprint density at radius 3 is 1.64 bits per heavy atom. The molecule has 2 heterocycles. The van der Waals surface area contributed by atoms with E-state index >= 15 is 0 Å². The van der Waals surface area contributed by atoms with Crippen molar-refractivity contribution in [3.8, 4) is 39.1 Å². The summed E-state index contributed by atoms with van der Waals surface area (Å²) in [6.45, 7) is 4.71. The number of hydrogen-bond donors (Lipinski definition) is 0. The minimum absolute atomic E-state index is 0.131. The largest absolute Gasteiger partial charge is 0.455 e. The zero-order chi connectivity index (χ0) is 42.5. The topological polar surface area (TPSA) is 21.3 Å². The van der Waals surface area contributed by atoms with Crippen molar-refractivity contribution < 1.29 is 4.42 Å². The first-order valence-electron chi connectivity index (χ1n) is 22.2. The van der Waals surface area contributed by atoms with Gasteiger partial charge in [0, 0.05) is 60.5 Å². The minimum Gasteiger partial charge on any atom is -0.455 e. The van der Waals surface area contributed by atoms with Gasteiger partial charge in [-0.3, -0.25) is 0 Å². The molecule has 0 fully saturated rings. The molecule has 0 atom stereocenters. The summed E-state index contributed by atoms with van der Waals surface area (Å²) in [7, 11) is 0. The second-order valence-electron chi connectivity index (χ2n) is 17.7. The van der Waals surface area contributed by atoms with Crippen LogP contribution in [0, 0.1) is 0 Å². The molecule has 0 spiro atoms. The van der Waals surface area contributed by atoms with Gasteiger partial charge in [0.25, 0.3) is 0 Å². The number of benzene rings is 10. The van der Waals surface area contributed by atoms with Crippen LogP contribution in [0.3, 0.4) is 0 Å². The maximum atomic E-state index is 6.77. The zero-order valence-electron chi connectivity index (χ0n) is 35.6. The molecule has 0 radical (unpaired) electrons. The molecule has 12 aromatic rings. The van der Waals surface area contributed by atoms with E-state index in [1.54, 1.807) is 0 Å². The van der Waals surface area contributed by atoms with E-state index < -0.39 is 0 Å². The highest BCUT2D eigenvalue weighted by molar-refractivity contribution is 6.17. The molecule has 0 aliphatic heterocycles. The van der Waals surface area contributed by atoms with Gasteiger partial charge in [0.1, 0.15) is 11.2 Å². The summed E-state index contributed by atoms with van der Waals surface area (Å²) in [5.41, 5.74) is 18.5. The normalized spacial score (nSPS) is 13.0. The Kier molecular flexibility index (Phi) is 7.95. The standard InChI is InChI=1S/C61H42N2O/c1-61(2)54-22-9-5-17-48(54)49-37-35-44(38-55(49)61)62(43-33-28-41(29-34-43)47-20-13-21-52-53-36-30-39-14-3-4-16-46(39)60(53)64-59(47)52)42-31-26-40(27-32-42)45-15-6-10-23-56(45)63-57-24-11-7-18-50(57)51-19-8-12-25-58(51)63/h3-38H,1-2H3. The lowest BCUT2D eigenvalue weighted by Gasteiger charge is -2.28. The van der Waals surface area contributed by atoms with Crippen LogP contribution in [0.1, 0.15) is 25.0 Å². The molecule has 0 unspecified atom stereocenters. The zero-order valence-corrected chi connectivity index (χ0v) is 35.6. The average molecular weight is 819 g/mol. The molecular weight excluding hydrogens is 777 g/mol. The molecule has 0 saturated carbocycles. The van der Waals surface area contributed by atoms with E-state index in [0.29, 0.717) is 0 Å². The molecule has 0 amide bonds. The van der Waals surface area contributed by atoms with Gasteiger partial charge in [-0.1, -0.05) is 172 Å². The van der Waals surface area contributed by atoms with Crippen LogP contribution in [0.25, 0.3) is 93.6 Å². The van der Waals surface area contributed by atoms with Gasteiger partial charge >= 0.3 is 0 Å².